The van der Waals surface area contributed by atoms with Gasteiger partial charge >= 0.3 is 0 Å². The minimum atomic E-state index is -0.287. The predicted molar refractivity (Wildman–Crippen MR) is 71.2 cm³/mol. The molecule has 0 saturated carbocycles. The summed E-state index contributed by atoms with van der Waals surface area (Å²) in [7, 11) is 0. The monoisotopic (exact) mass is 279 g/mol. The molecule has 0 fully saturated rings. The van der Waals surface area contributed by atoms with Crippen molar-refractivity contribution < 1.29 is 0 Å². The summed E-state index contributed by atoms with van der Waals surface area (Å²) in [5.41, 5.74) is 0.867. The molecule has 0 N–H and O–H groups in total. The normalized spacial score (nSPS) is 11.1. The zero-order chi connectivity index (χ0) is 12.0. The number of halogens is 1. The van der Waals surface area contributed by atoms with Crippen molar-refractivity contribution in [2.75, 3.05) is 0 Å². The van der Waals surface area contributed by atoms with Crippen molar-refractivity contribution in [3.63, 3.8) is 0 Å². The lowest BCUT2D eigenvalue weighted by Crippen LogP contribution is -2.23. The maximum absolute atomic E-state index is 9.50. The minimum absolute atomic E-state index is 0.287. The molecule has 0 heterocycles. The molecule has 1 aromatic carbocycles. The highest BCUT2D eigenvalue weighted by molar-refractivity contribution is 9.10. The molecule has 0 unspecified atom stereocenters. The summed E-state index contributed by atoms with van der Waals surface area (Å²) in [6.45, 7) is 4.28. The van der Waals surface area contributed by atoms with E-state index in [0.717, 1.165) is 35.7 Å². The number of nitriles is 1. The Labute approximate surface area is 107 Å². The van der Waals surface area contributed by atoms with E-state index < -0.39 is 0 Å². The third kappa shape index (κ3) is 2.86. The van der Waals surface area contributed by atoms with E-state index in [0.29, 0.717) is 0 Å². The third-order valence-electron chi connectivity index (χ3n) is 2.96. The first-order valence-electron chi connectivity index (χ1n) is 5.86. The van der Waals surface area contributed by atoms with Crippen molar-refractivity contribution in [1.29, 1.82) is 5.26 Å². The topological polar surface area (TPSA) is 23.8 Å². The van der Waals surface area contributed by atoms with Crippen molar-refractivity contribution in [3.8, 4) is 6.07 Å². The standard InChI is InChI=1S/C14H18BrN/c1-3-9-14(11-16,10-4-2)12-5-7-13(15)8-6-12/h5-8H,3-4,9-10H2,1-2H3. The number of nitrogens with zero attached hydrogens (tertiary/aromatic N) is 1. The van der Waals surface area contributed by atoms with Crippen LogP contribution < -0.4 is 0 Å². The maximum Gasteiger partial charge on any atom is 0.0822 e. The fourth-order valence-corrected chi connectivity index (χ4v) is 2.48. The van der Waals surface area contributed by atoms with Crippen LogP contribution in [0.1, 0.15) is 45.1 Å². The molecule has 0 aliphatic heterocycles. The van der Waals surface area contributed by atoms with E-state index in [2.05, 4.69) is 48.0 Å². The van der Waals surface area contributed by atoms with E-state index in [1.807, 2.05) is 12.1 Å². The Kier molecular flexibility index (Phi) is 5.02. The van der Waals surface area contributed by atoms with Crippen LogP contribution in [0.25, 0.3) is 0 Å². The van der Waals surface area contributed by atoms with Gasteiger partial charge in [-0.2, -0.15) is 5.26 Å². The summed E-state index contributed by atoms with van der Waals surface area (Å²) in [4.78, 5) is 0. The molecule has 1 aromatic rings. The molecule has 0 aromatic heterocycles. The second kappa shape index (κ2) is 6.06. The molecule has 0 aliphatic rings. The van der Waals surface area contributed by atoms with Gasteiger partial charge in [-0.25, -0.2) is 0 Å². The van der Waals surface area contributed by atoms with Crippen LogP contribution >= 0.6 is 15.9 Å². The first-order chi connectivity index (χ1) is 7.68. The van der Waals surface area contributed by atoms with Crippen LogP contribution in [-0.2, 0) is 5.41 Å². The van der Waals surface area contributed by atoms with Crippen molar-refractivity contribution in [2.24, 2.45) is 0 Å². The molecule has 0 spiro atoms. The molecule has 2 heteroatoms. The van der Waals surface area contributed by atoms with Gasteiger partial charge in [-0.15, -0.1) is 0 Å². The van der Waals surface area contributed by atoms with E-state index in [9.17, 15) is 5.26 Å². The largest absolute Gasteiger partial charge is 0.197 e. The Morgan fingerprint density at radius 3 is 2.00 bits per heavy atom. The first kappa shape index (κ1) is 13.3. The van der Waals surface area contributed by atoms with E-state index in [4.69, 9.17) is 0 Å². The van der Waals surface area contributed by atoms with Gasteiger partial charge in [0.15, 0.2) is 0 Å². The summed E-state index contributed by atoms with van der Waals surface area (Å²) in [5, 5.41) is 9.50. The summed E-state index contributed by atoms with van der Waals surface area (Å²) < 4.78 is 1.07. The molecule has 0 bridgehead atoms. The van der Waals surface area contributed by atoms with Gasteiger partial charge in [-0.1, -0.05) is 54.8 Å². The number of hydrogen-bond acceptors (Lipinski definition) is 1. The summed E-state index contributed by atoms with van der Waals surface area (Å²) in [5.74, 6) is 0. The summed E-state index contributed by atoms with van der Waals surface area (Å²) in [6.07, 6.45) is 3.98. The summed E-state index contributed by atoms with van der Waals surface area (Å²) in [6, 6.07) is 10.7. The van der Waals surface area contributed by atoms with Gasteiger partial charge in [0.05, 0.1) is 11.5 Å². The smallest absolute Gasteiger partial charge is 0.0822 e. The van der Waals surface area contributed by atoms with E-state index in [-0.39, 0.29) is 5.41 Å². The number of hydrogen-bond donors (Lipinski definition) is 0. The van der Waals surface area contributed by atoms with Gasteiger partial charge < -0.3 is 0 Å². The van der Waals surface area contributed by atoms with Gasteiger partial charge in [-0.3, -0.25) is 0 Å². The van der Waals surface area contributed by atoms with Crippen molar-refractivity contribution in [1.82, 2.24) is 0 Å². The predicted octanol–water partition coefficient (Wildman–Crippen LogP) is 4.81. The van der Waals surface area contributed by atoms with Crippen LogP contribution in [0, 0.1) is 11.3 Å². The fraction of sp³-hybridized carbons (Fsp3) is 0.500. The van der Waals surface area contributed by atoms with Crippen LogP contribution in [0.4, 0.5) is 0 Å². The van der Waals surface area contributed by atoms with Crippen molar-refractivity contribution in [2.45, 2.75) is 44.9 Å². The van der Waals surface area contributed by atoms with Crippen molar-refractivity contribution >= 4 is 15.9 Å². The van der Waals surface area contributed by atoms with E-state index in [1.54, 1.807) is 0 Å². The second-order valence-corrected chi connectivity index (χ2v) is 5.12. The quantitative estimate of drug-likeness (QED) is 0.759. The zero-order valence-electron chi connectivity index (χ0n) is 9.96. The van der Waals surface area contributed by atoms with Gasteiger partial charge in [0.1, 0.15) is 0 Å². The molecular formula is C14H18BrN. The van der Waals surface area contributed by atoms with Gasteiger partial charge in [0, 0.05) is 4.47 Å². The van der Waals surface area contributed by atoms with Crippen LogP contribution in [0.3, 0.4) is 0 Å². The minimum Gasteiger partial charge on any atom is -0.197 e. The Balaban J connectivity index is 3.09. The molecule has 0 atom stereocenters. The van der Waals surface area contributed by atoms with E-state index in [1.165, 1.54) is 0 Å². The second-order valence-electron chi connectivity index (χ2n) is 4.20. The highest BCUT2D eigenvalue weighted by Gasteiger charge is 2.30. The van der Waals surface area contributed by atoms with Gasteiger partial charge in [0.2, 0.25) is 0 Å². The van der Waals surface area contributed by atoms with Crippen LogP contribution in [0.2, 0.25) is 0 Å². The van der Waals surface area contributed by atoms with Crippen molar-refractivity contribution in [3.05, 3.63) is 34.3 Å². The lowest BCUT2D eigenvalue weighted by Gasteiger charge is -2.26. The average Bonchev–Trinajstić information content (AvgIpc) is 2.29. The molecule has 1 rings (SSSR count). The van der Waals surface area contributed by atoms with E-state index >= 15 is 0 Å². The Morgan fingerprint density at radius 2 is 1.62 bits per heavy atom. The molecule has 0 radical (unpaired) electrons. The molecule has 1 nitrogen and oxygen atoms in total. The average molecular weight is 280 g/mol. The SMILES string of the molecule is CCCC(C#N)(CCC)c1ccc(Br)cc1. The fourth-order valence-electron chi connectivity index (χ4n) is 2.21. The van der Waals surface area contributed by atoms with Crippen LogP contribution in [0.5, 0.6) is 0 Å². The maximum atomic E-state index is 9.50. The van der Waals surface area contributed by atoms with Gasteiger partial charge in [-0.05, 0) is 30.5 Å². The zero-order valence-corrected chi connectivity index (χ0v) is 11.5. The number of rotatable bonds is 5. The molecule has 0 aliphatic carbocycles. The Bertz CT molecular complexity index is 355. The molecule has 0 amide bonds. The van der Waals surface area contributed by atoms with Crippen LogP contribution in [-0.4, -0.2) is 0 Å². The highest BCUT2D eigenvalue weighted by Crippen LogP contribution is 2.34. The Hall–Kier alpha value is -0.810. The Morgan fingerprint density at radius 1 is 1.12 bits per heavy atom. The summed E-state index contributed by atoms with van der Waals surface area (Å²) >= 11 is 3.43. The lowest BCUT2D eigenvalue weighted by molar-refractivity contribution is 0.453. The first-order valence-corrected chi connectivity index (χ1v) is 6.65. The molecule has 0 saturated heterocycles. The molecule has 16 heavy (non-hydrogen) atoms. The lowest BCUT2D eigenvalue weighted by atomic mass is 9.75. The van der Waals surface area contributed by atoms with Crippen LogP contribution in [0.15, 0.2) is 28.7 Å². The van der Waals surface area contributed by atoms with Gasteiger partial charge in [0.25, 0.3) is 0 Å². The number of benzene rings is 1. The highest BCUT2D eigenvalue weighted by atomic mass is 79.9. The molecule has 86 valence electrons. The third-order valence-corrected chi connectivity index (χ3v) is 3.49. The molecular weight excluding hydrogens is 262 g/mol.